The first kappa shape index (κ1) is 17.7. The fourth-order valence-corrected chi connectivity index (χ4v) is 2.66. The number of anilines is 2. The number of carbonyl (C=O) groups is 2. The number of ether oxygens (including phenoxy) is 2. The summed E-state index contributed by atoms with van der Waals surface area (Å²) in [6.07, 6.45) is 1.46. The van der Waals surface area contributed by atoms with Crippen molar-refractivity contribution in [3.63, 3.8) is 0 Å². The van der Waals surface area contributed by atoms with Gasteiger partial charge in [-0.25, -0.2) is 9.78 Å². The number of hydrogen-bond donors (Lipinski definition) is 2. The molecule has 2 heterocycles. The number of morpholine rings is 1. The van der Waals surface area contributed by atoms with E-state index < -0.39 is 5.97 Å². The van der Waals surface area contributed by atoms with Gasteiger partial charge in [0.2, 0.25) is 0 Å². The number of carbonyl (C=O) groups excluding carboxylic acids is 1. The number of benzene rings is 1. The van der Waals surface area contributed by atoms with Crippen LogP contribution in [0.1, 0.15) is 20.7 Å². The van der Waals surface area contributed by atoms with Gasteiger partial charge in [-0.3, -0.25) is 4.79 Å². The molecular formula is C18H19N3O5. The molecule has 0 bridgehead atoms. The van der Waals surface area contributed by atoms with Crippen molar-refractivity contribution in [1.82, 2.24) is 4.98 Å². The molecule has 1 saturated heterocycles. The van der Waals surface area contributed by atoms with Gasteiger partial charge in [-0.2, -0.15) is 0 Å². The van der Waals surface area contributed by atoms with Gasteiger partial charge in [0.05, 0.1) is 32.2 Å². The molecular weight excluding hydrogens is 338 g/mol. The van der Waals surface area contributed by atoms with Crippen molar-refractivity contribution in [3.8, 4) is 5.75 Å². The minimum absolute atomic E-state index is 0.0411. The highest BCUT2D eigenvalue weighted by molar-refractivity contribution is 6.05. The monoisotopic (exact) mass is 357 g/mol. The van der Waals surface area contributed by atoms with Gasteiger partial charge in [0.15, 0.2) is 0 Å². The summed E-state index contributed by atoms with van der Waals surface area (Å²) in [6, 6.07) is 8.03. The van der Waals surface area contributed by atoms with Crippen molar-refractivity contribution in [2.45, 2.75) is 0 Å². The third kappa shape index (κ3) is 3.92. The Morgan fingerprint density at radius 2 is 1.92 bits per heavy atom. The summed E-state index contributed by atoms with van der Waals surface area (Å²) in [4.78, 5) is 30.1. The lowest BCUT2D eigenvalue weighted by molar-refractivity contribution is 0.0695. The van der Waals surface area contributed by atoms with Gasteiger partial charge in [0, 0.05) is 18.7 Å². The lowest BCUT2D eigenvalue weighted by atomic mass is 10.2. The fraction of sp³-hybridized carbons (Fsp3) is 0.278. The molecule has 1 amide bonds. The molecule has 1 aliphatic rings. The molecule has 0 unspecified atom stereocenters. The van der Waals surface area contributed by atoms with Crippen LogP contribution in [0, 0.1) is 0 Å². The lowest BCUT2D eigenvalue weighted by Crippen LogP contribution is -2.37. The Hall–Kier alpha value is -3.13. The Balaban J connectivity index is 1.80. The molecule has 1 aromatic heterocycles. The van der Waals surface area contributed by atoms with E-state index in [2.05, 4.69) is 10.3 Å². The van der Waals surface area contributed by atoms with Gasteiger partial charge in [0.1, 0.15) is 17.1 Å². The highest BCUT2D eigenvalue weighted by Crippen LogP contribution is 2.23. The molecule has 2 aromatic rings. The summed E-state index contributed by atoms with van der Waals surface area (Å²) in [7, 11) is 1.55. The summed E-state index contributed by atoms with van der Waals surface area (Å²) in [6.45, 7) is 2.20. The summed E-state index contributed by atoms with van der Waals surface area (Å²) in [5.74, 6) is -0.432. The Kier molecular flexibility index (Phi) is 5.33. The highest BCUT2D eigenvalue weighted by atomic mass is 16.5. The average molecular weight is 357 g/mol. The van der Waals surface area contributed by atoms with Crippen LogP contribution < -0.4 is 15.0 Å². The van der Waals surface area contributed by atoms with Crippen molar-refractivity contribution >= 4 is 23.4 Å². The molecule has 136 valence electrons. The molecule has 0 spiro atoms. The van der Waals surface area contributed by atoms with Crippen LogP contribution in [0.3, 0.4) is 0 Å². The van der Waals surface area contributed by atoms with Gasteiger partial charge in [-0.1, -0.05) is 0 Å². The van der Waals surface area contributed by atoms with E-state index in [1.807, 2.05) is 4.90 Å². The minimum atomic E-state index is -1.10. The molecule has 0 aliphatic carbocycles. The Morgan fingerprint density at radius 3 is 2.54 bits per heavy atom. The maximum Gasteiger partial charge on any atom is 0.339 e. The van der Waals surface area contributed by atoms with E-state index >= 15 is 0 Å². The predicted octanol–water partition coefficient (Wildman–Crippen LogP) is 1.88. The predicted molar refractivity (Wildman–Crippen MR) is 95.2 cm³/mol. The molecule has 0 radical (unpaired) electrons. The van der Waals surface area contributed by atoms with Crippen molar-refractivity contribution in [1.29, 1.82) is 0 Å². The number of aromatic carboxylic acids is 1. The van der Waals surface area contributed by atoms with Crippen LogP contribution in [-0.4, -0.2) is 55.4 Å². The quantitative estimate of drug-likeness (QED) is 0.842. The number of rotatable bonds is 5. The van der Waals surface area contributed by atoms with Crippen molar-refractivity contribution in [3.05, 3.63) is 47.7 Å². The molecule has 1 fully saturated rings. The maximum absolute atomic E-state index is 12.3. The van der Waals surface area contributed by atoms with Gasteiger partial charge in [-0.05, 0) is 30.3 Å². The second kappa shape index (κ2) is 7.83. The van der Waals surface area contributed by atoms with E-state index in [4.69, 9.17) is 9.47 Å². The maximum atomic E-state index is 12.3. The van der Waals surface area contributed by atoms with E-state index in [1.165, 1.54) is 12.3 Å². The fourth-order valence-electron chi connectivity index (χ4n) is 2.66. The van der Waals surface area contributed by atoms with Crippen LogP contribution in [0.25, 0.3) is 0 Å². The van der Waals surface area contributed by atoms with Gasteiger partial charge in [0.25, 0.3) is 5.91 Å². The summed E-state index contributed by atoms with van der Waals surface area (Å²) in [5, 5.41) is 12.2. The van der Waals surface area contributed by atoms with Crippen LogP contribution in [0.15, 0.2) is 36.5 Å². The second-order valence-electron chi connectivity index (χ2n) is 5.68. The molecule has 0 atom stereocenters. The molecule has 0 saturated carbocycles. The molecule has 8 nitrogen and oxygen atoms in total. The zero-order chi connectivity index (χ0) is 18.5. The van der Waals surface area contributed by atoms with Crippen molar-refractivity contribution in [2.24, 2.45) is 0 Å². The van der Waals surface area contributed by atoms with E-state index in [1.54, 1.807) is 31.4 Å². The lowest BCUT2D eigenvalue weighted by Gasteiger charge is -2.28. The molecule has 8 heteroatoms. The number of aromatic nitrogens is 1. The topological polar surface area (TPSA) is 101 Å². The van der Waals surface area contributed by atoms with E-state index in [0.29, 0.717) is 49.1 Å². The molecule has 1 aromatic carbocycles. The highest BCUT2D eigenvalue weighted by Gasteiger charge is 2.21. The van der Waals surface area contributed by atoms with E-state index in [9.17, 15) is 14.7 Å². The number of carboxylic acid groups (broad SMARTS) is 1. The minimum Gasteiger partial charge on any atom is -0.497 e. The third-order valence-electron chi connectivity index (χ3n) is 4.02. The van der Waals surface area contributed by atoms with Crippen molar-refractivity contribution < 1.29 is 24.2 Å². The SMILES string of the molecule is COc1ccc(C(=O)Nc2cnc(N3CCOCC3)c(C(=O)O)c2)cc1. The molecule has 26 heavy (non-hydrogen) atoms. The molecule has 1 aliphatic heterocycles. The van der Waals surface area contributed by atoms with Crippen LogP contribution in [0.2, 0.25) is 0 Å². The van der Waals surface area contributed by atoms with E-state index in [0.717, 1.165) is 0 Å². The van der Waals surface area contributed by atoms with Gasteiger partial charge >= 0.3 is 5.97 Å². The Bertz CT molecular complexity index is 801. The van der Waals surface area contributed by atoms with Crippen LogP contribution in [0.4, 0.5) is 11.5 Å². The number of pyridine rings is 1. The summed E-state index contributed by atoms with van der Waals surface area (Å²) >= 11 is 0. The van der Waals surface area contributed by atoms with Crippen LogP contribution in [0.5, 0.6) is 5.75 Å². The summed E-state index contributed by atoms with van der Waals surface area (Å²) < 4.78 is 10.3. The first-order chi connectivity index (χ1) is 12.6. The summed E-state index contributed by atoms with van der Waals surface area (Å²) in [5.41, 5.74) is 0.791. The molecule has 2 N–H and O–H groups in total. The van der Waals surface area contributed by atoms with Gasteiger partial charge < -0.3 is 24.8 Å². The standard InChI is InChI=1S/C18H19N3O5/c1-25-14-4-2-12(3-5-14)17(22)20-13-10-15(18(23)24)16(19-11-13)21-6-8-26-9-7-21/h2-5,10-11H,6-9H2,1H3,(H,20,22)(H,23,24). The van der Waals surface area contributed by atoms with Crippen LogP contribution in [-0.2, 0) is 4.74 Å². The largest absolute Gasteiger partial charge is 0.497 e. The van der Waals surface area contributed by atoms with Gasteiger partial charge in [-0.15, -0.1) is 0 Å². The number of methoxy groups -OCH3 is 1. The smallest absolute Gasteiger partial charge is 0.339 e. The number of carboxylic acids is 1. The van der Waals surface area contributed by atoms with Crippen molar-refractivity contribution in [2.75, 3.05) is 43.6 Å². The number of hydrogen-bond acceptors (Lipinski definition) is 6. The first-order valence-electron chi connectivity index (χ1n) is 8.10. The third-order valence-corrected chi connectivity index (χ3v) is 4.02. The Labute approximate surface area is 150 Å². The number of nitrogens with zero attached hydrogens (tertiary/aromatic N) is 2. The second-order valence-corrected chi connectivity index (χ2v) is 5.68. The molecule has 3 rings (SSSR count). The number of amides is 1. The Morgan fingerprint density at radius 1 is 1.23 bits per heavy atom. The number of nitrogens with one attached hydrogen (secondary N) is 1. The average Bonchev–Trinajstić information content (AvgIpc) is 2.68. The van der Waals surface area contributed by atoms with Crippen LogP contribution >= 0.6 is 0 Å². The first-order valence-corrected chi connectivity index (χ1v) is 8.10. The zero-order valence-corrected chi connectivity index (χ0v) is 14.3. The van der Waals surface area contributed by atoms with E-state index in [-0.39, 0.29) is 11.5 Å². The normalized spacial score (nSPS) is 14.0. The zero-order valence-electron chi connectivity index (χ0n) is 14.3.